The van der Waals surface area contributed by atoms with Crippen LogP contribution in [0.4, 0.5) is 13.2 Å². The molecule has 0 aliphatic carbocycles. The van der Waals surface area contributed by atoms with Crippen molar-refractivity contribution in [3.63, 3.8) is 0 Å². The Labute approximate surface area is 158 Å². The SMILES string of the molecule is O=C(CCn1ncc(=O)c2ccccc21)NCCc1ccc(C(F)(F)F)cc1. The van der Waals surface area contributed by atoms with Gasteiger partial charge < -0.3 is 5.32 Å². The molecule has 0 unspecified atom stereocenters. The van der Waals surface area contributed by atoms with E-state index in [0.717, 1.165) is 12.1 Å². The molecule has 5 nitrogen and oxygen atoms in total. The van der Waals surface area contributed by atoms with E-state index in [1.807, 2.05) is 0 Å². The van der Waals surface area contributed by atoms with Crippen LogP contribution >= 0.6 is 0 Å². The summed E-state index contributed by atoms with van der Waals surface area (Å²) in [5.41, 5.74) is 0.503. The second-order valence-electron chi connectivity index (χ2n) is 6.29. The summed E-state index contributed by atoms with van der Waals surface area (Å²) < 4.78 is 39.2. The molecular formula is C20H18F3N3O2. The zero-order valence-electron chi connectivity index (χ0n) is 14.9. The highest BCUT2D eigenvalue weighted by molar-refractivity contribution is 5.79. The summed E-state index contributed by atoms with van der Waals surface area (Å²) in [5.74, 6) is -0.198. The Kier molecular flexibility index (Phi) is 5.77. The van der Waals surface area contributed by atoms with Crippen molar-refractivity contribution in [1.82, 2.24) is 15.1 Å². The number of aryl methyl sites for hydroxylation is 1. The summed E-state index contributed by atoms with van der Waals surface area (Å²) in [6.45, 7) is 0.634. The van der Waals surface area contributed by atoms with Gasteiger partial charge in [0.05, 0.1) is 23.8 Å². The lowest BCUT2D eigenvalue weighted by molar-refractivity contribution is -0.137. The molecule has 28 heavy (non-hydrogen) atoms. The summed E-state index contributed by atoms with van der Waals surface area (Å²) in [4.78, 5) is 23.8. The van der Waals surface area contributed by atoms with Gasteiger partial charge in [-0.1, -0.05) is 24.3 Å². The predicted molar refractivity (Wildman–Crippen MR) is 98.8 cm³/mol. The van der Waals surface area contributed by atoms with Crippen LogP contribution in [0.3, 0.4) is 0 Å². The summed E-state index contributed by atoms with van der Waals surface area (Å²) in [6, 6.07) is 11.9. The number of benzene rings is 2. The van der Waals surface area contributed by atoms with E-state index >= 15 is 0 Å². The first-order valence-electron chi connectivity index (χ1n) is 8.72. The van der Waals surface area contributed by atoms with Gasteiger partial charge in [-0.3, -0.25) is 14.3 Å². The second kappa shape index (κ2) is 8.24. The Hall–Kier alpha value is -3.16. The summed E-state index contributed by atoms with van der Waals surface area (Å²) in [6.07, 6.45) is -2.52. The third kappa shape index (κ3) is 4.76. The largest absolute Gasteiger partial charge is 0.416 e. The van der Waals surface area contributed by atoms with Crippen LogP contribution in [0.2, 0.25) is 0 Å². The lowest BCUT2D eigenvalue weighted by atomic mass is 10.1. The predicted octanol–water partition coefficient (Wildman–Crippen LogP) is 3.16. The van der Waals surface area contributed by atoms with Gasteiger partial charge in [0.25, 0.3) is 0 Å². The van der Waals surface area contributed by atoms with Gasteiger partial charge in [0.1, 0.15) is 0 Å². The average molecular weight is 389 g/mol. The number of hydrogen-bond acceptors (Lipinski definition) is 3. The lowest BCUT2D eigenvalue weighted by Crippen LogP contribution is -2.27. The fourth-order valence-electron chi connectivity index (χ4n) is 2.84. The fourth-order valence-corrected chi connectivity index (χ4v) is 2.84. The van der Waals surface area contributed by atoms with Gasteiger partial charge in [0, 0.05) is 18.4 Å². The van der Waals surface area contributed by atoms with E-state index < -0.39 is 11.7 Å². The molecule has 146 valence electrons. The van der Waals surface area contributed by atoms with Crippen molar-refractivity contribution in [2.45, 2.75) is 25.6 Å². The van der Waals surface area contributed by atoms with Gasteiger partial charge in [-0.2, -0.15) is 18.3 Å². The van der Waals surface area contributed by atoms with Crippen molar-refractivity contribution in [2.24, 2.45) is 0 Å². The minimum absolute atomic E-state index is 0.173. The van der Waals surface area contributed by atoms with Gasteiger partial charge in [-0.05, 0) is 36.2 Å². The third-order valence-electron chi connectivity index (χ3n) is 4.33. The maximum Gasteiger partial charge on any atom is 0.416 e. The maximum absolute atomic E-state index is 12.5. The number of para-hydroxylation sites is 1. The van der Waals surface area contributed by atoms with Gasteiger partial charge in [-0.15, -0.1) is 0 Å². The van der Waals surface area contributed by atoms with Crippen molar-refractivity contribution in [3.05, 3.63) is 76.1 Å². The van der Waals surface area contributed by atoms with Gasteiger partial charge in [0.15, 0.2) is 0 Å². The first-order valence-corrected chi connectivity index (χ1v) is 8.72. The van der Waals surface area contributed by atoms with Crippen molar-refractivity contribution in [3.8, 4) is 0 Å². The lowest BCUT2D eigenvalue weighted by Gasteiger charge is -2.10. The Morgan fingerprint density at radius 2 is 1.79 bits per heavy atom. The first kappa shape index (κ1) is 19.6. The smallest absolute Gasteiger partial charge is 0.356 e. The molecule has 0 aliphatic heterocycles. The highest BCUT2D eigenvalue weighted by Crippen LogP contribution is 2.29. The number of amides is 1. The quantitative estimate of drug-likeness (QED) is 0.704. The Morgan fingerprint density at radius 3 is 2.50 bits per heavy atom. The molecule has 0 fully saturated rings. The zero-order valence-corrected chi connectivity index (χ0v) is 14.9. The number of rotatable bonds is 6. The van der Waals surface area contributed by atoms with Gasteiger partial charge in [0.2, 0.25) is 11.3 Å². The number of alkyl halides is 3. The van der Waals surface area contributed by atoms with Crippen LogP contribution < -0.4 is 10.7 Å². The Morgan fingerprint density at radius 1 is 1.07 bits per heavy atom. The first-order chi connectivity index (χ1) is 13.3. The summed E-state index contributed by atoms with van der Waals surface area (Å²) in [7, 11) is 0. The number of carbonyl (C=O) groups is 1. The second-order valence-corrected chi connectivity index (χ2v) is 6.29. The number of aromatic nitrogens is 2. The topological polar surface area (TPSA) is 64.0 Å². The minimum Gasteiger partial charge on any atom is -0.356 e. The third-order valence-corrected chi connectivity index (χ3v) is 4.33. The van der Waals surface area contributed by atoms with Crippen LogP contribution in [-0.2, 0) is 23.9 Å². The minimum atomic E-state index is -4.35. The van der Waals surface area contributed by atoms with E-state index in [-0.39, 0.29) is 17.8 Å². The average Bonchev–Trinajstić information content (AvgIpc) is 2.67. The molecule has 0 spiro atoms. The number of fused-ring (bicyclic) bond motifs is 1. The van der Waals surface area contributed by atoms with Crippen molar-refractivity contribution in [2.75, 3.05) is 6.54 Å². The van der Waals surface area contributed by atoms with Crippen LogP contribution in [0.15, 0.2) is 59.5 Å². The molecule has 0 radical (unpaired) electrons. The van der Waals surface area contributed by atoms with E-state index in [1.165, 1.54) is 18.3 Å². The number of halogens is 3. The number of carbonyl (C=O) groups excluding carboxylic acids is 1. The molecule has 0 saturated carbocycles. The van der Waals surface area contributed by atoms with Gasteiger partial charge in [-0.25, -0.2) is 0 Å². The van der Waals surface area contributed by atoms with Crippen LogP contribution in [0.25, 0.3) is 10.9 Å². The number of nitrogens with zero attached hydrogens (tertiary/aromatic N) is 2. The van der Waals surface area contributed by atoms with Crippen molar-refractivity contribution >= 4 is 16.8 Å². The van der Waals surface area contributed by atoms with Crippen LogP contribution in [0, 0.1) is 0 Å². The van der Waals surface area contributed by atoms with E-state index in [4.69, 9.17) is 0 Å². The van der Waals surface area contributed by atoms with E-state index in [0.29, 0.717) is 36.0 Å². The molecule has 8 heteroatoms. The van der Waals surface area contributed by atoms with Crippen molar-refractivity contribution < 1.29 is 18.0 Å². The molecule has 0 saturated heterocycles. The number of nitrogens with one attached hydrogen (secondary N) is 1. The molecule has 1 N–H and O–H groups in total. The highest BCUT2D eigenvalue weighted by atomic mass is 19.4. The molecule has 3 rings (SSSR count). The maximum atomic E-state index is 12.5. The Balaban J connectivity index is 1.50. The molecule has 0 atom stereocenters. The normalized spacial score (nSPS) is 11.5. The molecule has 2 aromatic carbocycles. The number of hydrogen-bond donors (Lipinski definition) is 1. The van der Waals surface area contributed by atoms with Crippen LogP contribution in [-0.4, -0.2) is 22.2 Å². The molecule has 1 aromatic heterocycles. The van der Waals surface area contributed by atoms with E-state index in [1.54, 1.807) is 28.9 Å². The molecule has 1 amide bonds. The molecule has 3 aromatic rings. The standard InChI is InChI=1S/C20H18F3N3O2/c21-20(22,23)15-7-5-14(6-8-15)9-11-24-19(28)10-12-26-17-4-2-1-3-16(17)18(27)13-25-26/h1-8,13H,9-12H2,(H,24,28). The van der Waals surface area contributed by atoms with E-state index in [9.17, 15) is 22.8 Å². The summed E-state index contributed by atoms with van der Waals surface area (Å²) in [5, 5.41) is 7.35. The van der Waals surface area contributed by atoms with Gasteiger partial charge >= 0.3 is 6.18 Å². The zero-order chi connectivity index (χ0) is 20.1. The van der Waals surface area contributed by atoms with Crippen LogP contribution in [0.1, 0.15) is 17.5 Å². The molecule has 1 heterocycles. The van der Waals surface area contributed by atoms with Crippen molar-refractivity contribution in [1.29, 1.82) is 0 Å². The summed E-state index contributed by atoms with van der Waals surface area (Å²) >= 11 is 0. The highest BCUT2D eigenvalue weighted by Gasteiger charge is 2.29. The monoisotopic (exact) mass is 389 g/mol. The molecule has 0 bridgehead atoms. The molecular weight excluding hydrogens is 371 g/mol. The van der Waals surface area contributed by atoms with Crippen LogP contribution in [0.5, 0.6) is 0 Å². The molecule has 0 aliphatic rings. The Bertz CT molecular complexity index is 1030. The fraction of sp³-hybridized carbons (Fsp3) is 0.250. The van der Waals surface area contributed by atoms with E-state index in [2.05, 4.69) is 10.4 Å².